The third kappa shape index (κ3) is 3.25. The van der Waals surface area contributed by atoms with Gasteiger partial charge in [-0.05, 0) is 11.6 Å². The molecule has 3 nitrogen and oxygen atoms in total. The van der Waals surface area contributed by atoms with E-state index < -0.39 is 0 Å². The number of hydrogen-bond donors (Lipinski definition) is 1. The van der Waals surface area contributed by atoms with Gasteiger partial charge in [-0.15, -0.1) is 12.4 Å². The molecule has 0 unspecified atom stereocenters. The molecule has 0 aromatic carbocycles. The van der Waals surface area contributed by atoms with Crippen LogP contribution in [0, 0.1) is 0 Å². The SMILES string of the molecule is Cl.c1cncc(CN2CCNCC2)c1. The van der Waals surface area contributed by atoms with Gasteiger partial charge in [0.2, 0.25) is 0 Å². The molecule has 0 atom stereocenters. The van der Waals surface area contributed by atoms with Crippen molar-refractivity contribution < 1.29 is 0 Å². The van der Waals surface area contributed by atoms with Gasteiger partial charge in [0.05, 0.1) is 0 Å². The highest BCUT2D eigenvalue weighted by atomic mass is 35.5. The van der Waals surface area contributed by atoms with Gasteiger partial charge in [0.1, 0.15) is 0 Å². The van der Waals surface area contributed by atoms with E-state index in [-0.39, 0.29) is 12.4 Å². The highest BCUT2D eigenvalue weighted by Crippen LogP contribution is 2.02. The first kappa shape index (κ1) is 11.4. The fraction of sp³-hybridized carbons (Fsp3) is 0.500. The number of aromatic nitrogens is 1. The maximum atomic E-state index is 4.11. The predicted octanol–water partition coefficient (Wildman–Crippen LogP) is 0.909. The molecule has 0 bridgehead atoms. The number of nitrogens with zero attached hydrogens (tertiary/aromatic N) is 2. The van der Waals surface area contributed by atoms with Gasteiger partial charge in [0, 0.05) is 45.1 Å². The maximum Gasteiger partial charge on any atom is 0.0312 e. The first-order valence-electron chi connectivity index (χ1n) is 4.77. The molecule has 0 aliphatic carbocycles. The Bertz CT molecular complexity index is 247. The highest BCUT2D eigenvalue weighted by Gasteiger charge is 2.08. The molecule has 1 aromatic rings. The third-order valence-electron chi connectivity index (χ3n) is 2.34. The summed E-state index contributed by atoms with van der Waals surface area (Å²) in [5.41, 5.74) is 1.31. The van der Waals surface area contributed by atoms with Gasteiger partial charge < -0.3 is 5.32 Å². The van der Waals surface area contributed by atoms with Gasteiger partial charge >= 0.3 is 0 Å². The van der Waals surface area contributed by atoms with E-state index in [1.165, 1.54) is 5.56 Å². The maximum absolute atomic E-state index is 4.11. The van der Waals surface area contributed by atoms with Crippen molar-refractivity contribution in [3.8, 4) is 0 Å². The Kier molecular flexibility index (Phi) is 4.87. The molecule has 0 saturated carbocycles. The number of piperazine rings is 1. The lowest BCUT2D eigenvalue weighted by Crippen LogP contribution is -2.42. The molecule has 14 heavy (non-hydrogen) atoms. The van der Waals surface area contributed by atoms with Crippen LogP contribution in [-0.4, -0.2) is 36.1 Å². The molecule has 2 rings (SSSR count). The number of hydrogen-bond acceptors (Lipinski definition) is 3. The standard InChI is InChI=1S/C10H15N3.ClH/c1-2-10(8-12-3-1)9-13-6-4-11-5-7-13;/h1-3,8,11H,4-7,9H2;1H. The number of pyridine rings is 1. The van der Waals surface area contributed by atoms with Gasteiger partial charge in [-0.1, -0.05) is 6.07 Å². The number of nitrogens with one attached hydrogen (secondary N) is 1. The van der Waals surface area contributed by atoms with Crippen LogP contribution in [0.4, 0.5) is 0 Å². The summed E-state index contributed by atoms with van der Waals surface area (Å²) in [4.78, 5) is 6.56. The summed E-state index contributed by atoms with van der Waals surface area (Å²) < 4.78 is 0. The molecule has 0 amide bonds. The van der Waals surface area contributed by atoms with Crippen LogP contribution in [0.25, 0.3) is 0 Å². The van der Waals surface area contributed by atoms with E-state index in [1.54, 1.807) is 0 Å². The van der Waals surface area contributed by atoms with E-state index in [0.717, 1.165) is 32.7 Å². The summed E-state index contributed by atoms with van der Waals surface area (Å²) in [6.45, 7) is 5.56. The van der Waals surface area contributed by atoms with Crippen molar-refractivity contribution in [3.05, 3.63) is 30.1 Å². The van der Waals surface area contributed by atoms with E-state index in [4.69, 9.17) is 0 Å². The lowest BCUT2D eigenvalue weighted by Gasteiger charge is -2.26. The average molecular weight is 214 g/mol. The fourth-order valence-electron chi connectivity index (χ4n) is 1.62. The number of halogens is 1. The summed E-state index contributed by atoms with van der Waals surface area (Å²) in [5.74, 6) is 0. The van der Waals surface area contributed by atoms with Crippen LogP contribution in [0.1, 0.15) is 5.56 Å². The second kappa shape index (κ2) is 5.96. The van der Waals surface area contributed by atoms with Gasteiger partial charge in [-0.25, -0.2) is 0 Å². The fourth-order valence-corrected chi connectivity index (χ4v) is 1.62. The quantitative estimate of drug-likeness (QED) is 0.792. The lowest BCUT2D eigenvalue weighted by molar-refractivity contribution is 0.233. The second-order valence-electron chi connectivity index (χ2n) is 3.39. The second-order valence-corrected chi connectivity index (χ2v) is 3.39. The molecule has 0 spiro atoms. The van der Waals surface area contributed by atoms with Crippen LogP contribution >= 0.6 is 12.4 Å². The minimum atomic E-state index is 0. The van der Waals surface area contributed by atoms with E-state index in [0.29, 0.717) is 0 Å². The van der Waals surface area contributed by atoms with Gasteiger partial charge in [-0.3, -0.25) is 9.88 Å². The van der Waals surface area contributed by atoms with Crippen molar-refractivity contribution in [2.45, 2.75) is 6.54 Å². The Hall–Kier alpha value is -0.640. The van der Waals surface area contributed by atoms with Crippen molar-refractivity contribution in [3.63, 3.8) is 0 Å². The Morgan fingerprint density at radius 3 is 2.79 bits per heavy atom. The van der Waals surface area contributed by atoms with Gasteiger partial charge in [0.25, 0.3) is 0 Å². The normalized spacial score (nSPS) is 17.4. The van der Waals surface area contributed by atoms with Crippen molar-refractivity contribution >= 4 is 12.4 Å². The molecule has 1 aliphatic heterocycles. The average Bonchev–Trinajstić information content (AvgIpc) is 2.21. The lowest BCUT2D eigenvalue weighted by atomic mass is 10.2. The van der Waals surface area contributed by atoms with Gasteiger partial charge in [-0.2, -0.15) is 0 Å². The molecule has 78 valence electrons. The largest absolute Gasteiger partial charge is 0.314 e. The molecule has 1 fully saturated rings. The molecule has 1 N–H and O–H groups in total. The molecular weight excluding hydrogens is 198 g/mol. The van der Waals surface area contributed by atoms with Crippen molar-refractivity contribution in [2.24, 2.45) is 0 Å². The third-order valence-corrected chi connectivity index (χ3v) is 2.34. The summed E-state index contributed by atoms with van der Waals surface area (Å²) in [6, 6.07) is 4.13. The van der Waals surface area contributed by atoms with E-state index >= 15 is 0 Å². The predicted molar refractivity (Wildman–Crippen MR) is 59.6 cm³/mol. The summed E-state index contributed by atoms with van der Waals surface area (Å²) in [7, 11) is 0. The zero-order valence-electron chi connectivity index (χ0n) is 8.15. The van der Waals surface area contributed by atoms with Crippen molar-refractivity contribution in [1.29, 1.82) is 0 Å². The minimum Gasteiger partial charge on any atom is -0.314 e. The summed E-state index contributed by atoms with van der Waals surface area (Å²) in [6.07, 6.45) is 3.77. The number of rotatable bonds is 2. The monoisotopic (exact) mass is 213 g/mol. The molecule has 2 heterocycles. The van der Waals surface area contributed by atoms with Crippen LogP contribution in [0.2, 0.25) is 0 Å². The Balaban J connectivity index is 0.000000980. The smallest absolute Gasteiger partial charge is 0.0312 e. The van der Waals surface area contributed by atoms with E-state index in [1.807, 2.05) is 18.5 Å². The van der Waals surface area contributed by atoms with Gasteiger partial charge in [0.15, 0.2) is 0 Å². The van der Waals surface area contributed by atoms with Crippen molar-refractivity contribution in [2.75, 3.05) is 26.2 Å². The summed E-state index contributed by atoms with van der Waals surface area (Å²) >= 11 is 0. The van der Waals surface area contributed by atoms with E-state index in [2.05, 4.69) is 21.3 Å². The van der Waals surface area contributed by atoms with Crippen LogP contribution in [-0.2, 0) is 6.54 Å². The molecule has 4 heteroatoms. The highest BCUT2D eigenvalue weighted by molar-refractivity contribution is 5.85. The first-order chi connectivity index (χ1) is 6.45. The van der Waals surface area contributed by atoms with Crippen molar-refractivity contribution in [1.82, 2.24) is 15.2 Å². The molecule has 1 aliphatic rings. The summed E-state index contributed by atoms with van der Waals surface area (Å²) in [5, 5.41) is 3.34. The van der Waals surface area contributed by atoms with Crippen LogP contribution in [0.15, 0.2) is 24.5 Å². The zero-order valence-corrected chi connectivity index (χ0v) is 8.96. The van der Waals surface area contributed by atoms with Crippen LogP contribution < -0.4 is 5.32 Å². The first-order valence-corrected chi connectivity index (χ1v) is 4.77. The Morgan fingerprint density at radius 1 is 1.36 bits per heavy atom. The minimum absolute atomic E-state index is 0. The molecule has 1 aromatic heterocycles. The molecular formula is C10H16ClN3. The molecule has 0 radical (unpaired) electrons. The zero-order chi connectivity index (χ0) is 8.93. The molecule has 1 saturated heterocycles. The van der Waals surface area contributed by atoms with E-state index in [9.17, 15) is 0 Å². The van der Waals surface area contributed by atoms with Crippen LogP contribution in [0.5, 0.6) is 0 Å². The Labute approximate surface area is 90.9 Å². The Morgan fingerprint density at radius 2 is 2.14 bits per heavy atom. The topological polar surface area (TPSA) is 28.2 Å². The van der Waals surface area contributed by atoms with Crippen LogP contribution in [0.3, 0.4) is 0 Å².